The number of hydrogen-bond acceptors (Lipinski definition) is 4. The number of rotatable bonds is 6. The van der Waals surface area contributed by atoms with Crippen LogP contribution in [0.15, 0.2) is 36.5 Å². The summed E-state index contributed by atoms with van der Waals surface area (Å²) in [6.45, 7) is 5.16. The third-order valence-corrected chi connectivity index (χ3v) is 4.95. The zero-order chi connectivity index (χ0) is 17.1. The van der Waals surface area contributed by atoms with Crippen molar-refractivity contribution in [2.24, 2.45) is 5.92 Å². The molecule has 6 heteroatoms. The number of benzene rings is 1. The summed E-state index contributed by atoms with van der Waals surface area (Å²) in [4.78, 5) is 16.5. The highest BCUT2D eigenvalue weighted by atomic mass is 16.5. The Balaban J connectivity index is 1.19. The summed E-state index contributed by atoms with van der Waals surface area (Å²) in [7, 11) is 0. The molecule has 2 fully saturated rings. The summed E-state index contributed by atoms with van der Waals surface area (Å²) in [6.07, 6.45) is 3.93. The number of carbonyl (C=O) groups excluding carboxylic acids is 1. The standard InChI is InChI=1S/C19H24N4O2/c24-19(16-1-2-16)23-11-9-22(10-12-23)13-14-25-17-5-3-15(4-6-17)18-7-8-20-21-18/h3-8,16H,1-2,9-14H2,(H,20,21). The molecule has 2 aliphatic rings. The Hall–Kier alpha value is -2.34. The molecule has 132 valence electrons. The maximum Gasteiger partial charge on any atom is 0.225 e. The summed E-state index contributed by atoms with van der Waals surface area (Å²) in [5, 5.41) is 6.92. The molecule has 0 radical (unpaired) electrons. The Labute approximate surface area is 147 Å². The smallest absolute Gasteiger partial charge is 0.225 e. The van der Waals surface area contributed by atoms with Crippen LogP contribution in [0.5, 0.6) is 5.75 Å². The van der Waals surface area contributed by atoms with Gasteiger partial charge in [0.2, 0.25) is 5.91 Å². The molecule has 25 heavy (non-hydrogen) atoms. The summed E-state index contributed by atoms with van der Waals surface area (Å²) in [6, 6.07) is 9.99. The van der Waals surface area contributed by atoms with Crippen molar-refractivity contribution in [3.63, 3.8) is 0 Å². The van der Waals surface area contributed by atoms with Gasteiger partial charge in [-0.25, -0.2) is 0 Å². The van der Waals surface area contributed by atoms with Gasteiger partial charge in [-0.1, -0.05) is 0 Å². The molecule has 1 saturated heterocycles. The summed E-state index contributed by atoms with van der Waals surface area (Å²) in [5.41, 5.74) is 2.10. The number of ether oxygens (including phenoxy) is 1. The van der Waals surface area contributed by atoms with Gasteiger partial charge in [-0.15, -0.1) is 0 Å². The maximum absolute atomic E-state index is 12.1. The predicted molar refractivity (Wildman–Crippen MR) is 95.3 cm³/mol. The Bertz CT molecular complexity index is 687. The number of hydrogen-bond donors (Lipinski definition) is 1. The van der Waals surface area contributed by atoms with Crippen molar-refractivity contribution >= 4 is 5.91 Å². The van der Waals surface area contributed by atoms with Crippen molar-refractivity contribution in [2.75, 3.05) is 39.3 Å². The molecule has 1 aromatic carbocycles. The van der Waals surface area contributed by atoms with Crippen molar-refractivity contribution in [2.45, 2.75) is 12.8 Å². The van der Waals surface area contributed by atoms with E-state index in [4.69, 9.17) is 4.74 Å². The second kappa shape index (κ2) is 7.27. The first-order valence-electron chi connectivity index (χ1n) is 9.03. The molecule has 1 N–H and O–H groups in total. The lowest BCUT2D eigenvalue weighted by Gasteiger charge is -2.34. The largest absolute Gasteiger partial charge is 0.492 e. The Morgan fingerprint density at radius 3 is 2.52 bits per heavy atom. The van der Waals surface area contributed by atoms with Crippen molar-refractivity contribution < 1.29 is 9.53 Å². The van der Waals surface area contributed by atoms with E-state index < -0.39 is 0 Å². The van der Waals surface area contributed by atoms with Gasteiger partial charge in [0.25, 0.3) is 0 Å². The second-order valence-electron chi connectivity index (χ2n) is 6.78. The highest BCUT2D eigenvalue weighted by Crippen LogP contribution is 2.31. The molecule has 1 aliphatic heterocycles. The van der Waals surface area contributed by atoms with Crippen molar-refractivity contribution in [1.82, 2.24) is 20.0 Å². The zero-order valence-corrected chi connectivity index (χ0v) is 14.4. The second-order valence-corrected chi connectivity index (χ2v) is 6.78. The molecule has 0 atom stereocenters. The number of aromatic nitrogens is 2. The molecule has 0 bridgehead atoms. The lowest BCUT2D eigenvalue weighted by Crippen LogP contribution is -2.50. The fourth-order valence-corrected chi connectivity index (χ4v) is 3.22. The predicted octanol–water partition coefficient (Wildman–Crippen LogP) is 2.01. The van der Waals surface area contributed by atoms with Gasteiger partial charge in [0.15, 0.2) is 0 Å². The van der Waals surface area contributed by atoms with Crippen LogP contribution in [0, 0.1) is 5.92 Å². The van der Waals surface area contributed by atoms with Crippen LogP contribution >= 0.6 is 0 Å². The van der Waals surface area contributed by atoms with Crippen LogP contribution in [0.1, 0.15) is 12.8 Å². The van der Waals surface area contributed by atoms with E-state index in [-0.39, 0.29) is 0 Å². The molecule has 0 spiro atoms. The maximum atomic E-state index is 12.1. The fraction of sp³-hybridized carbons (Fsp3) is 0.474. The molecule has 2 aromatic rings. The number of carbonyl (C=O) groups is 1. The SMILES string of the molecule is O=C(C1CC1)N1CCN(CCOc2ccc(-c3ccn[nH]3)cc2)CC1. The van der Waals surface area contributed by atoms with E-state index in [0.717, 1.165) is 62.6 Å². The normalized spacial score (nSPS) is 18.3. The zero-order valence-electron chi connectivity index (χ0n) is 14.4. The van der Waals surface area contributed by atoms with Crippen LogP contribution < -0.4 is 4.74 Å². The van der Waals surface area contributed by atoms with Crippen molar-refractivity contribution in [3.05, 3.63) is 36.5 Å². The van der Waals surface area contributed by atoms with E-state index in [9.17, 15) is 4.79 Å². The molecular formula is C19H24N4O2. The molecule has 0 unspecified atom stereocenters. The first-order chi connectivity index (χ1) is 12.3. The highest BCUT2D eigenvalue weighted by Gasteiger charge is 2.34. The third-order valence-electron chi connectivity index (χ3n) is 4.95. The van der Waals surface area contributed by atoms with Gasteiger partial charge in [-0.3, -0.25) is 14.8 Å². The first kappa shape index (κ1) is 16.1. The van der Waals surface area contributed by atoms with Gasteiger partial charge in [-0.05, 0) is 48.7 Å². The molecule has 1 amide bonds. The number of amides is 1. The Kier molecular flexibility index (Phi) is 4.70. The number of nitrogens with zero attached hydrogens (tertiary/aromatic N) is 3. The van der Waals surface area contributed by atoms with E-state index in [1.165, 1.54) is 0 Å². The number of aromatic amines is 1. The van der Waals surface area contributed by atoms with Crippen LogP contribution in [-0.2, 0) is 4.79 Å². The minimum Gasteiger partial charge on any atom is -0.492 e. The fourth-order valence-electron chi connectivity index (χ4n) is 3.22. The van der Waals surface area contributed by atoms with Crippen LogP contribution in [0.25, 0.3) is 11.3 Å². The van der Waals surface area contributed by atoms with Crippen LogP contribution in [0.2, 0.25) is 0 Å². The molecule has 6 nitrogen and oxygen atoms in total. The molecular weight excluding hydrogens is 316 g/mol. The van der Waals surface area contributed by atoms with Gasteiger partial charge >= 0.3 is 0 Å². The molecule has 1 aromatic heterocycles. The van der Waals surface area contributed by atoms with E-state index in [2.05, 4.69) is 15.1 Å². The Morgan fingerprint density at radius 1 is 1.12 bits per heavy atom. The van der Waals surface area contributed by atoms with Crippen LogP contribution in [0.3, 0.4) is 0 Å². The van der Waals surface area contributed by atoms with Gasteiger partial charge < -0.3 is 9.64 Å². The average Bonchev–Trinajstić information content (AvgIpc) is 3.37. The number of piperazine rings is 1. The van der Waals surface area contributed by atoms with Gasteiger partial charge in [-0.2, -0.15) is 5.10 Å². The van der Waals surface area contributed by atoms with E-state index in [1.807, 2.05) is 35.2 Å². The molecule has 1 saturated carbocycles. The van der Waals surface area contributed by atoms with Gasteiger partial charge in [0.1, 0.15) is 12.4 Å². The lowest BCUT2D eigenvalue weighted by molar-refractivity contribution is -0.134. The van der Waals surface area contributed by atoms with Crippen molar-refractivity contribution in [1.29, 1.82) is 0 Å². The average molecular weight is 340 g/mol. The topological polar surface area (TPSA) is 61.5 Å². The number of H-pyrrole nitrogens is 1. The summed E-state index contributed by atoms with van der Waals surface area (Å²) in [5.74, 6) is 1.58. The highest BCUT2D eigenvalue weighted by molar-refractivity contribution is 5.81. The lowest BCUT2D eigenvalue weighted by atomic mass is 10.1. The minimum atomic E-state index is 0.333. The molecule has 2 heterocycles. The summed E-state index contributed by atoms with van der Waals surface area (Å²) >= 11 is 0. The molecule has 4 rings (SSSR count). The van der Waals surface area contributed by atoms with Crippen LogP contribution in [-0.4, -0.2) is 65.2 Å². The van der Waals surface area contributed by atoms with E-state index in [0.29, 0.717) is 18.4 Å². The monoisotopic (exact) mass is 340 g/mol. The Morgan fingerprint density at radius 2 is 1.88 bits per heavy atom. The third kappa shape index (κ3) is 4.02. The van der Waals surface area contributed by atoms with E-state index in [1.54, 1.807) is 6.20 Å². The summed E-state index contributed by atoms with van der Waals surface area (Å²) < 4.78 is 5.86. The van der Waals surface area contributed by atoms with Gasteiger partial charge in [0, 0.05) is 44.8 Å². The minimum absolute atomic E-state index is 0.333. The van der Waals surface area contributed by atoms with Crippen LogP contribution in [0.4, 0.5) is 0 Å². The van der Waals surface area contributed by atoms with E-state index >= 15 is 0 Å². The van der Waals surface area contributed by atoms with Crippen molar-refractivity contribution in [3.8, 4) is 17.0 Å². The first-order valence-corrected chi connectivity index (χ1v) is 9.03. The quantitative estimate of drug-likeness (QED) is 0.874. The molecule has 1 aliphatic carbocycles. The number of nitrogens with one attached hydrogen (secondary N) is 1. The van der Waals surface area contributed by atoms with Gasteiger partial charge in [0.05, 0.1) is 5.69 Å².